The van der Waals surface area contributed by atoms with Gasteiger partial charge in [-0.3, -0.25) is 10.2 Å². The van der Waals surface area contributed by atoms with Gasteiger partial charge in [0, 0.05) is 16.1 Å². The van der Waals surface area contributed by atoms with Gasteiger partial charge in [-0.25, -0.2) is 5.43 Å². The van der Waals surface area contributed by atoms with E-state index >= 15 is 0 Å². The zero-order valence-corrected chi connectivity index (χ0v) is 14.0. The molecule has 0 aromatic heterocycles. The van der Waals surface area contributed by atoms with Crippen LogP contribution in [-0.4, -0.2) is 11.9 Å². The van der Waals surface area contributed by atoms with Crippen molar-refractivity contribution in [1.29, 1.82) is 0 Å². The van der Waals surface area contributed by atoms with E-state index in [-0.39, 0.29) is 5.91 Å². The largest absolute Gasteiger partial charge is 0.287 e. The molecule has 2 N–H and O–H groups in total. The summed E-state index contributed by atoms with van der Waals surface area (Å²) < 4.78 is 0.977. The van der Waals surface area contributed by atoms with Gasteiger partial charge in [0.2, 0.25) is 0 Å². The van der Waals surface area contributed by atoms with Crippen LogP contribution in [-0.2, 0) is 0 Å². The first-order chi connectivity index (χ1) is 9.35. The first-order valence-electron chi connectivity index (χ1n) is 7.17. The van der Waals surface area contributed by atoms with Crippen LogP contribution in [0.5, 0.6) is 0 Å². The first-order valence-corrected chi connectivity index (χ1v) is 7.96. The summed E-state index contributed by atoms with van der Waals surface area (Å²) in [5, 5.41) is 0. The minimum Gasteiger partial charge on any atom is -0.287 e. The van der Waals surface area contributed by atoms with Crippen LogP contribution in [0.25, 0.3) is 0 Å². The number of rotatable bonds is 3. The summed E-state index contributed by atoms with van der Waals surface area (Å²) >= 11 is 3.37. The third kappa shape index (κ3) is 4.32. The van der Waals surface area contributed by atoms with Crippen LogP contribution in [0, 0.1) is 11.3 Å². The predicted molar refractivity (Wildman–Crippen MR) is 85.3 cm³/mol. The van der Waals surface area contributed by atoms with E-state index < -0.39 is 0 Å². The summed E-state index contributed by atoms with van der Waals surface area (Å²) in [6, 6.07) is 7.73. The average molecular weight is 339 g/mol. The number of hydrogen-bond acceptors (Lipinski definition) is 2. The molecule has 4 heteroatoms. The molecule has 2 rings (SSSR count). The molecule has 1 aromatic carbocycles. The van der Waals surface area contributed by atoms with Crippen LogP contribution in [0.2, 0.25) is 0 Å². The molecule has 0 heterocycles. The molecule has 0 spiro atoms. The maximum atomic E-state index is 12.1. The molecule has 1 amide bonds. The SMILES string of the molecule is C[C@H]1C[C@@H](NNC(=O)c2ccc(Br)cc2)CC(C)(C)C1. The molecule has 3 nitrogen and oxygen atoms in total. The van der Waals surface area contributed by atoms with E-state index in [1.807, 2.05) is 24.3 Å². The Balaban J connectivity index is 1.88. The van der Waals surface area contributed by atoms with Crippen LogP contribution >= 0.6 is 15.9 Å². The minimum absolute atomic E-state index is 0.0754. The number of halogens is 1. The maximum Gasteiger partial charge on any atom is 0.265 e. The molecule has 2 atom stereocenters. The molecule has 20 heavy (non-hydrogen) atoms. The van der Waals surface area contributed by atoms with Gasteiger partial charge in [0.25, 0.3) is 5.91 Å². The van der Waals surface area contributed by atoms with Gasteiger partial charge in [-0.15, -0.1) is 0 Å². The molecule has 0 bridgehead atoms. The van der Waals surface area contributed by atoms with Crippen LogP contribution in [0.1, 0.15) is 50.4 Å². The lowest BCUT2D eigenvalue weighted by Crippen LogP contribution is -2.48. The van der Waals surface area contributed by atoms with E-state index in [1.54, 1.807) is 0 Å². The van der Waals surface area contributed by atoms with Gasteiger partial charge in [0.05, 0.1) is 0 Å². The van der Waals surface area contributed by atoms with Crippen molar-refractivity contribution in [1.82, 2.24) is 10.9 Å². The van der Waals surface area contributed by atoms with Crippen molar-refractivity contribution in [3.8, 4) is 0 Å². The van der Waals surface area contributed by atoms with E-state index in [0.717, 1.165) is 17.3 Å². The van der Waals surface area contributed by atoms with E-state index in [0.29, 0.717) is 22.9 Å². The highest BCUT2D eigenvalue weighted by Gasteiger charge is 2.32. The number of benzene rings is 1. The summed E-state index contributed by atoms with van der Waals surface area (Å²) in [6.07, 6.45) is 3.47. The number of hydrogen-bond donors (Lipinski definition) is 2. The number of carbonyl (C=O) groups excluding carboxylic acids is 1. The molecule has 1 aliphatic carbocycles. The summed E-state index contributed by atoms with van der Waals surface area (Å²) in [5.74, 6) is 0.620. The van der Waals surface area contributed by atoms with Crippen LogP contribution < -0.4 is 10.9 Å². The Labute approximate surface area is 129 Å². The molecule has 0 radical (unpaired) electrons. The fraction of sp³-hybridized carbons (Fsp3) is 0.562. The standard InChI is InChI=1S/C16H23BrN2O/c1-11-8-14(10-16(2,3)9-11)18-19-15(20)12-4-6-13(17)7-5-12/h4-7,11,14,18H,8-10H2,1-3H3,(H,19,20)/t11-,14+/m0/s1. The normalized spacial score (nSPS) is 25.2. The van der Waals surface area contributed by atoms with Crippen molar-refractivity contribution in [2.24, 2.45) is 11.3 Å². The smallest absolute Gasteiger partial charge is 0.265 e. The van der Waals surface area contributed by atoms with Crippen molar-refractivity contribution in [3.63, 3.8) is 0 Å². The summed E-state index contributed by atoms with van der Waals surface area (Å²) in [4.78, 5) is 12.1. The van der Waals surface area contributed by atoms with Crippen molar-refractivity contribution in [2.75, 3.05) is 0 Å². The summed E-state index contributed by atoms with van der Waals surface area (Å²) in [5.41, 5.74) is 7.07. The van der Waals surface area contributed by atoms with Crippen molar-refractivity contribution < 1.29 is 4.79 Å². The van der Waals surface area contributed by atoms with Crippen LogP contribution in [0.3, 0.4) is 0 Å². The predicted octanol–water partition coefficient (Wildman–Crippen LogP) is 3.90. The van der Waals surface area contributed by atoms with Crippen molar-refractivity contribution in [2.45, 2.75) is 46.1 Å². The Hall–Kier alpha value is -0.870. The minimum atomic E-state index is -0.0754. The van der Waals surface area contributed by atoms with E-state index in [2.05, 4.69) is 47.6 Å². The molecular weight excluding hydrogens is 316 g/mol. The van der Waals surface area contributed by atoms with Crippen molar-refractivity contribution in [3.05, 3.63) is 34.3 Å². The zero-order valence-electron chi connectivity index (χ0n) is 12.4. The molecular formula is C16H23BrN2O. The zero-order chi connectivity index (χ0) is 14.8. The third-order valence-corrected chi connectivity index (χ3v) is 4.41. The van der Waals surface area contributed by atoms with E-state index in [9.17, 15) is 4.79 Å². The van der Waals surface area contributed by atoms with Crippen LogP contribution in [0.4, 0.5) is 0 Å². The van der Waals surface area contributed by atoms with Gasteiger partial charge in [0.1, 0.15) is 0 Å². The number of hydrazine groups is 1. The highest BCUT2D eigenvalue weighted by molar-refractivity contribution is 9.10. The maximum absolute atomic E-state index is 12.1. The average Bonchev–Trinajstić information content (AvgIpc) is 2.34. The lowest BCUT2D eigenvalue weighted by atomic mass is 9.71. The lowest BCUT2D eigenvalue weighted by Gasteiger charge is -2.39. The molecule has 1 aromatic rings. The highest BCUT2D eigenvalue weighted by atomic mass is 79.9. The lowest BCUT2D eigenvalue weighted by molar-refractivity contribution is 0.0883. The van der Waals surface area contributed by atoms with Gasteiger partial charge in [-0.2, -0.15) is 0 Å². The molecule has 1 saturated carbocycles. The van der Waals surface area contributed by atoms with E-state index in [4.69, 9.17) is 0 Å². The number of amides is 1. The monoisotopic (exact) mass is 338 g/mol. The third-order valence-electron chi connectivity index (χ3n) is 3.88. The Kier molecular flexibility index (Phi) is 4.86. The quantitative estimate of drug-likeness (QED) is 0.820. The first kappa shape index (κ1) is 15.5. The topological polar surface area (TPSA) is 41.1 Å². The fourth-order valence-corrected chi connectivity index (χ4v) is 3.56. The second kappa shape index (κ2) is 6.27. The number of nitrogens with one attached hydrogen (secondary N) is 2. The molecule has 0 saturated heterocycles. The molecule has 0 unspecified atom stereocenters. The second-order valence-electron chi connectivity index (χ2n) is 6.72. The van der Waals surface area contributed by atoms with Gasteiger partial charge in [-0.05, 0) is 54.9 Å². The molecule has 110 valence electrons. The Bertz CT molecular complexity index is 470. The fourth-order valence-electron chi connectivity index (χ4n) is 3.30. The highest BCUT2D eigenvalue weighted by Crippen LogP contribution is 2.38. The molecule has 1 fully saturated rings. The summed E-state index contributed by atoms with van der Waals surface area (Å²) in [6.45, 7) is 6.88. The van der Waals surface area contributed by atoms with Gasteiger partial charge in [-0.1, -0.05) is 36.7 Å². The number of carbonyl (C=O) groups is 1. The Morgan fingerprint density at radius 2 is 1.90 bits per heavy atom. The Morgan fingerprint density at radius 3 is 2.50 bits per heavy atom. The Morgan fingerprint density at radius 1 is 1.25 bits per heavy atom. The molecule has 1 aliphatic rings. The van der Waals surface area contributed by atoms with Crippen molar-refractivity contribution >= 4 is 21.8 Å². The van der Waals surface area contributed by atoms with Gasteiger partial charge in [0.15, 0.2) is 0 Å². The summed E-state index contributed by atoms with van der Waals surface area (Å²) in [7, 11) is 0. The van der Waals surface area contributed by atoms with E-state index in [1.165, 1.54) is 6.42 Å². The second-order valence-corrected chi connectivity index (χ2v) is 7.63. The molecule has 0 aliphatic heterocycles. The van der Waals surface area contributed by atoms with Gasteiger partial charge < -0.3 is 0 Å². The van der Waals surface area contributed by atoms with Crippen LogP contribution in [0.15, 0.2) is 28.7 Å². The van der Waals surface area contributed by atoms with Gasteiger partial charge >= 0.3 is 0 Å².